The van der Waals surface area contributed by atoms with Crippen LogP contribution < -0.4 is 0 Å². The van der Waals surface area contributed by atoms with Gasteiger partial charge in [-0.2, -0.15) is 0 Å². The lowest BCUT2D eigenvalue weighted by atomic mass is 10.3. The first-order valence-corrected chi connectivity index (χ1v) is 5.37. The molecule has 5 heteroatoms. The van der Waals surface area contributed by atoms with Gasteiger partial charge in [0.25, 0.3) is 0 Å². The lowest BCUT2D eigenvalue weighted by Crippen LogP contribution is -2.15. The fraction of sp³-hybridized carbons (Fsp3) is 0.636. The number of ether oxygens (including phenoxy) is 2. The van der Waals surface area contributed by atoms with Crippen molar-refractivity contribution in [2.75, 3.05) is 13.2 Å². The zero-order chi connectivity index (χ0) is 12.1. The molecule has 0 aliphatic carbocycles. The minimum absolute atomic E-state index is 0.0204. The van der Waals surface area contributed by atoms with E-state index in [2.05, 4.69) is 4.98 Å². The monoisotopic (exact) mass is 226 g/mol. The lowest BCUT2D eigenvalue weighted by molar-refractivity contribution is -0.146. The van der Waals surface area contributed by atoms with Crippen molar-refractivity contribution < 1.29 is 14.3 Å². The molecule has 0 aromatic carbocycles. The molecule has 0 radical (unpaired) electrons. The summed E-state index contributed by atoms with van der Waals surface area (Å²) in [4.78, 5) is 15.4. The van der Waals surface area contributed by atoms with E-state index in [0.29, 0.717) is 24.7 Å². The third kappa shape index (κ3) is 2.68. The van der Waals surface area contributed by atoms with Gasteiger partial charge in [-0.3, -0.25) is 4.79 Å². The van der Waals surface area contributed by atoms with E-state index < -0.39 is 6.29 Å². The van der Waals surface area contributed by atoms with Crippen molar-refractivity contribution in [3.63, 3.8) is 0 Å². The van der Waals surface area contributed by atoms with Crippen molar-refractivity contribution in [1.29, 1.82) is 0 Å². The van der Waals surface area contributed by atoms with Crippen molar-refractivity contribution in [3.8, 4) is 0 Å². The van der Waals surface area contributed by atoms with Crippen molar-refractivity contribution in [1.82, 2.24) is 9.55 Å². The predicted octanol–water partition coefficient (Wildman–Crippen LogP) is 1.69. The van der Waals surface area contributed by atoms with Crippen LogP contribution in [0.25, 0.3) is 0 Å². The summed E-state index contributed by atoms with van der Waals surface area (Å²) in [5.41, 5.74) is 0.555. The van der Waals surface area contributed by atoms with Gasteiger partial charge < -0.3 is 14.0 Å². The average molecular weight is 226 g/mol. The van der Waals surface area contributed by atoms with Crippen LogP contribution in [0.1, 0.15) is 43.4 Å². The molecule has 0 N–H and O–H groups in total. The van der Waals surface area contributed by atoms with Crippen molar-refractivity contribution in [2.24, 2.45) is 7.05 Å². The highest BCUT2D eigenvalue weighted by molar-refractivity contribution is 5.92. The minimum Gasteiger partial charge on any atom is -0.346 e. The number of carbonyl (C=O) groups is 1. The Morgan fingerprint density at radius 1 is 1.44 bits per heavy atom. The van der Waals surface area contributed by atoms with E-state index in [0.717, 1.165) is 0 Å². The van der Waals surface area contributed by atoms with E-state index >= 15 is 0 Å². The summed E-state index contributed by atoms with van der Waals surface area (Å²) in [7, 11) is 1.78. The first kappa shape index (κ1) is 12.9. The van der Waals surface area contributed by atoms with Gasteiger partial charge in [-0.1, -0.05) is 0 Å². The number of Topliss-reactive ketones (excluding diaryl/α,β-unsaturated/α-hetero) is 1. The maximum absolute atomic E-state index is 11.3. The fourth-order valence-corrected chi connectivity index (χ4v) is 1.47. The highest BCUT2D eigenvalue weighted by atomic mass is 16.7. The zero-order valence-corrected chi connectivity index (χ0v) is 10.2. The van der Waals surface area contributed by atoms with Gasteiger partial charge in [0.1, 0.15) is 5.69 Å². The molecule has 5 nitrogen and oxygen atoms in total. The van der Waals surface area contributed by atoms with Gasteiger partial charge in [-0.05, 0) is 13.8 Å². The van der Waals surface area contributed by atoms with E-state index in [1.165, 1.54) is 6.92 Å². The molecule has 0 amide bonds. The largest absolute Gasteiger partial charge is 0.346 e. The first-order chi connectivity index (χ1) is 7.61. The average Bonchev–Trinajstić information content (AvgIpc) is 2.60. The van der Waals surface area contributed by atoms with Crippen LogP contribution in [-0.4, -0.2) is 28.5 Å². The SMILES string of the molecule is CCOC(OCC)c1ncc(C(C)=O)n1C. The van der Waals surface area contributed by atoms with E-state index in [1.54, 1.807) is 17.8 Å². The molecule has 0 atom stereocenters. The number of ketones is 1. The highest BCUT2D eigenvalue weighted by Gasteiger charge is 2.19. The van der Waals surface area contributed by atoms with Crippen molar-refractivity contribution >= 4 is 5.78 Å². The molecule has 0 fully saturated rings. The van der Waals surface area contributed by atoms with Crippen LogP contribution in [0.5, 0.6) is 0 Å². The quantitative estimate of drug-likeness (QED) is 0.547. The van der Waals surface area contributed by atoms with Crippen LogP contribution in [0.15, 0.2) is 6.20 Å². The molecule has 0 bridgehead atoms. The predicted molar refractivity (Wildman–Crippen MR) is 59.2 cm³/mol. The molecular formula is C11H18N2O3. The summed E-state index contributed by atoms with van der Waals surface area (Å²) in [5.74, 6) is 0.599. The minimum atomic E-state index is -0.506. The zero-order valence-electron chi connectivity index (χ0n) is 10.2. The molecule has 0 aliphatic rings. The van der Waals surface area contributed by atoms with Gasteiger partial charge in [0.05, 0.1) is 6.20 Å². The summed E-state index contributed by atoms with van der Waals surface area (Å²) < 4.78 is 12.6. The molecule has 1 heterocycles. The Bertz CT molecular complexity index is 354. The second-order valence-corrected chi connectivity index (χ2v) is 3.36. The van der Waals surface area contributed by atoms with Crippen LogP contribution in [0.3, 0.4) is 0 Å². The van der Waals surface area contributed by atoms with Gasteiger partial charge in [0, 0.05) is 27.2 Å². The van der Waals surface area contributed by atoms with Gasteiger partial charge in [0.2, 0.25) is 6.29 Å². The standard InChI is InChI=1S/C11H18N2O3/c1-5-15-11(16-6-2)10-12-7-9(8(3)14)13(10)4/h7,11H,5-6H2,1-4H3. The summed E-state index contributed by atoms with van der Waals surface area (Å²) in [5, 5.41) is 0. The number of hydrogen-bond donors (Lipinski definition) is 0. The van der Waals surface area contributed by atoms with Crippen LogP contribution in [0.4, 0.5) is 0 Å². The molecule has 0 saturated carbocycles. The van der Waals surface area contributed by atoms with Crippen LogP contribution in [0.2, 0.25) is 0 Å². The van der Waals surface area contributed by atoms with E-state index in [9.17, 15) is 4.79 Å². The van der Waals surface area contributed by atoms with Gasteiger partial charge in [-0.25, -0.2) is 4.98 Å². The second kappa shape index (κ2) is 5.77. The fourth-order valence-electron chi connectivity index (χ4n) is 1.47. The number of carbonyl (C=O) groups excluding carboxylic acids is 1. The molecule has 0 spiro atoms. The number of nitrogens with zero attached hydrogens (tertiary/aromatic N) is 2. The lowest BCUT2D eigenvalue weighted by Gasteiger charge is -2.16. The van der Waals surface area contributed by atoms with Crippen LogP contribution in [-0.2, 0) is 16.5 Å². The normalized spacial score (nSPS) is 11.1. The van der Waals surface area contributed by atoms with Crippen molar-refractivity contribution in [2.45, 2.75) is 27.1 Å². The Balaban J connectivity index is 2.96. The molecule has 1 aromatic heterocycles. The maximum Gasteiger partial charge on any atom is 0.217 e. The molecule has 0 aliphatic heterocycles. The Morgan fingerprint density at radius 3 is 2.38 bits per heavy atom. The van der Waals surface area contributed by atoms with E-state index in [1.807, 2.05) is 13.8 Å². The van der Waals surface area contributed by atoms with Crippen LogP contribution in [0, 0.1) is 0 Å². The topological polar surface area (TPSA) is 53.4 Å². The summed E-state index contributed by atoms with van der Waals surface area (Å²) in [6.07, 6.45) is 1.04. The Kier molecular flexibility index (Phi) is 4.64. The summed E-state index contributed by atoms with van der Waals surface area (Å²) in [6, 6.07) is 0. The van der Waals surface area contributed by atoms with E-state index in [4.69, 9.17) is 9.47 Å². The molecule has 0 unspecified atom stereocenters. The molecule has 1 aromatic rings. The Hall–Kier alpha value is -1.20. The molecule has 0 saturated heterocycles. The smallest absolute Gasteiger partial charge is 0.217 e. The van der Waals surface area contributed by atoms with Gasteiger partial charge in [-0.15, -0.1) is 0 Å². The first-order valence-electron chi connectivity index (χ1n) is 5.37. The Labute approximate surface area is 95.4 Å². The van der Waals surface area contributed by atoms with Crippen LogP contribution >= 0.6 is 0 Å². The van der Waals surface area contributed by atoms with E-state index in [-0.39, 0.29) is 5.78 Å². The maximum atomic E-state index is 11.3. The molecule has 16 heavy (non-hydrogen) atoms. The van der Waals surface area contributed by atoms with Gasteiger partial charge >= 0.3 is 0 Å². The highest BCUT2D eigenvalue weighted by Crippen LogP contribution is 2.18. The summed E-state index contributed by atoms with van der Waals surface area (Å²) >= 11 is 0. The Morgan fingerprint density at radius 2 is 2.00 bits per heavy atom. The molecule has 90 valence electrons. The number of rotatable bonds is 6. The van der Waals surface area contributed by atoms with Gasteiger partial charge in [0.15, 0.2) is 11.6 Å². The van der Waals surface area contributed by atoms with Crippen molar-refractivity contribution in [3.05, 3.63) is 17.7 Å². The molecular weight excluding hydrogens is 208 g/mol. The summed E-state index contributed by atoms with van der Waals surface area (Å²) in [6.45, 7) is 6.36. The number of hydrogen-bond acceptors (Lipinski definition) is 4. The second-order valence-electron chi connectivity index (χ2n) is 3.36. The molecule has 1 rings (SSSR count). The number of imidazole rings is 1. The third-order valence-electron chi connectivity index (χ3n) is 2.23. The third-order valence-corrected chi connectivity index (χ3v) is 2.23. The number of aromatic nitrogens is 2.